The first-order valence-electron chi connectivity index (χ1n) is 7.82. The average Bonchev–Trinajstić information content (AvgIpc) is 2.54. The first-order valence-corrected chi connectivity index (χ1v) is 9.19. The van der Waals surface area contributed by atoms with Gasteiger partial charge in [0, 0.05) is 41.3 Å². The fourth-order valence-corrected chi connectivity index (χ4v) is 3.39. The van der Waals surface area contributed by atoms with Gasteiger partial charge in [-0.15, -0.1) is 11.8 Å². The highest BCUT2D eigenvalue weighted by Crippen LogP contribution is 2.19. The molecule has 0 bridgehead atoms. The molecular weight excluding hydrogens is 318 g/mol. The van der Waals surface area contributed by atoms with Crippen molar-refractivity contribution in [1.29, 1.82) is 0 Å². The molecule has 1 aromatic rings. The third-order valence-electron chi connectivity index (χ3n) is 3.84. The van der Waals surface area contributed by atoms with Crippen LogP contribution in [0.1, 0.15) is 19.8 Å². The van der Waals surface area contributed by atoms with E-state index in [4.69, 9.17) is 11.6 Å². The Morgan fingerprint density at radius 1 is 1.32 bits per heavy atom. The molecule has 1 heterocycles. The van der Waals surface area contributed by atoms with Crippen LogP contribution in [0.25, 0.3) is 0 Å². The Kier molecular flexibility index (Phi) is 7.36. The molecule has 0 aromatic heterocycles. The number of hydrogen-bond acceptors (Lipinski definition) is 3. The highest BCUT2D eigenvalue weighted by atomic mass is 35.5. The van der Waals surface area contributed by atoms with Crippen LogP contribution in [0.15, 0.2) is 29.2 Å². The molecule has 6 heteroatoms. The van der Waals surface area contributed by atoms with E-state index in [1.807, 2.05) is 24.3 Å². The Balaban J connectivity index is 1.57. The molecule has 0 unspecified atom stereocenters. The van der Waals surface area contributed by atoms with Crippen LogP contribution in [0.4, 0.5) is 4.79 Å². The number of carbonyl (C=O) groups is 1. The number of carbonyl (C=O) groups excluding carboxylic acids is 1. The van der Waals surface area contributed by atoms with Crippen LogP contribution in [-0.4, -0.2) is 48.9 Å². The summed E-state index contributed by atoms with van der Waals surface area (Å²) in [4.78, 5) is 15.4. The molecule has 1 fully saturated rings. The number of piperidine rings is 1. The summed E-state index contributed by atoms with van der Waals surface area (Å²) in [6.45, 7) is 6.09. The molecule has 4 nitrogen and oxygen atoms in total. The van der Waals surface area contributed by atoms with Crippen LogP contribution < -0.4 is 10.6 Å². The van der Waals surface area contributed by atoms with Crippen molar-refractivity contribution >= 4 is 29.4 Å². The number of likely N-dealkylation sites (tertiary alicyclic amines) is 1. The van der Waals surface area contributed by atoms with E-state index in [1.165, 1.54) is 4.90 Å². The number of amides is 2. The number of nitrogens with zero attached hydrogens (tertiary/aromatic N) is 1. The number of nitrogens with one attached hydrogen (secondary N) is 2. The monoisotopic (exact) mass is 341 g/mol. The number of halogens is 1. The zero-order valence-electron chi connectivity index (χ0n) is 13.0. The van der Waals surface area contributed by atoms with Gasteiger partial charge in [-0.2, -0.15) is 0 Å². The number of rotatable bonds is 6. The maximum atomic E-state index is 11.9. The molecule has 0 radical (unpaired) electrons. The van der Waals surface area contributed by atoms with Gasteiger partial charge in [-0.25, -0.2) is 4.79 Å². The fraction of sp³-hybridized carbons (Fsp3) is 0.562. The molecule has 1 aliphatic rings. The molecule has 122 valence electrons. The first-order chi connectivity index (χ1) is 10.7. The molecule has 2 N–H and O–H groups in total. The zero-order chi connectivity index (χ0) is 15.8. The second-order valence-electron chi connectivity index (χ2n) is 5.41. The minimum atomic E-state index is -0.0494. The Morgan fingerprint density at radius 3 is 2.64 bits per heavy atom. The van der Waals surface area contributed by atoms with Gasteiger partial charge in [0.1, 0.15) is 0 Å². The molecule has 0 saturated carbocycles. The van der Waals surface area contributed by atoms with E-state index in [0.29, 0.717) is 12.6 Å². The smallest absolute Gasteiger partial charge is 0.315 e. The normalized spacial score (nSPS) is 16.5. The summed E-state index contributed by atoms with van der Waals surface area (Å²) in [5, 5.41) is 6.74. The lowest BCUT2D eigenvalue weighted by molar-refractivity contribution is 0.199. The lowest BCUT2D eigenvalue weighted by Crippen LogP contribution is -2.48. The van der Waals surface area contributed by atoms with Crippen LogP contribution in [-0.2, 0) is 0 Å². The number of hydrogen-bond donors (Lipinski definition) is 2. The maximum Gasteiger partial charge on any atom is 0.315 e. The SMILES string of the molecule is CCN1CCC(NC(=O)NCCSc2ccc(Cl)cc2)CC1. The van der Waals surface area contributed by atoms with E-state index < -0.39 is 0 Å². The maximum absolute atomic E-state index is 11.9. The molecule has 1 saturated heterocycles. The molecule has 2 rings (SSSR count). The van der Waals surface area contributed by atoms with Crippen molar-refractivity contribution in [2.24, 2.45) is 0 Å². The second kappa shape index (κ2) is 9.28. The highest BCUT2D eigenvalue weighted by molar-refractivity contribution is 7.99. The Labute approximate surface area is 142 Å². The summed E-state index contributed by atoms with van der Waals surface area (Å²) in [5.41, 5.74) is 0. The van der Waals surface area contributed by atoms with Gasteiger partial charge in [0.15, 0.2) is 0 Å². The van der Waals surface area contributed by atoms with Crippen LogP contribution in [0.2, 0.25) is 5.02 Å². The molecule has 0 aliphatic carbocycles. The van der Waals surface area contributed by atoms with E-state index in [1.54, 1.807) is 11.8 Å². The molecule has 0 spiro atoms. The van der Waals surface area contributed by atoms with Crippen molar-refractivity contribution in [1.82, 2.24) is 15.5 Å². The second-order valence-corrected chi connectivity index (χ2v) is 7.02. The van der Waals surface area contributed by atoms with Gasteiger partial charge in [-0.05, 0) is 43.7 Å². The van der Waals surface area contributed by atoms with E-state index >= 15 is 0 Å². The van der Waals surface area contributed by atoms with Crippen LogP contribution in [0.5, 0.6) is 0 Å². The summed E-state index contributed by atoms with van der Waals surface area (Å²) in [6.07, 6.45) is 2.08. The first kappa shape index (κ1) is 17.4. The Morgan fingerprint density at radius 2 is 2.00 bits per heavy atom. The Hall–Kier alpha value is -0.910. The average molecular weight is 342 g/mol. The van der Waals surface area contributed by atoms with Gasteiger partial charge in [-0.3, -0.25) is 0 Å². The van der Waals surface area contributed by atoms with Gasteiger partial charge in [-0.1, -0.05) is 18.5 Å². The fourth-order valence-electron chi connectivity index (χ4n) is 2.49. The molecule has 0 atom stereocenters. The molecular formula is C16H24ClN3OS. The summed E-state index contributed by atoms with van der Waals surface area (Å²) < 4.78 is 0. The number of urea groups is 1. The number of benzene rings is 1. The lowest BCUT2D eigenvalue weighted by Gasteiger charge is -2.31. The minimum Gasteiger partial charge on any atom is -0.337 e. The lowest BCUT2D eigenvalue weighted by atomic mass is 10.1. The predicted molar refractivity (Wildman–Crippen MR) is 93.8 cm³/mol. The van der Waals surface area contributed by atoms with E-state index in [9.17, 15) is 4.79 Å². The summed E-state index contributed by atoms with van der Waals surface area (Å²) in [7, 11) is 0. The summed E-state index contributed by atoms with van der Waals surface area (Å²) >= 11 is 7.56. The van der Waals surface area contributed by atoms with Crippen molar-refractivity contribution in [2.75, 3.05) is 31.9 Å². The minimum absolute atomic E-state index is 0.0494. The van der Waals surface area contributed by atoms with Crippen molar-refractivity contribution in [3.8, 4) is 0 Å². The van der Waals surface area contributed by atoms with Crippen LogP contribution >= 0.6 is 23.4 Å². The summed E-state index contributed by atoms with van der Waals surface area (Å²) in [6, 6.07) is 8.01. The quantitative estimate of drug-likeness (QED) is 0.617. The van der Waals surface area contributed by atoms with Gasteiger partial charge in [0.25, 0.3) is 0 Å². The van der Waals surface area contributed by atoms with Crippen molar-refractivity contribution in [2.45, 2.75) is 30.7 Å². The van der Waals surface area contributed by atoms with Crippen LogP contribution in [0.3, 0.4) is 0 Å². The van der Waals surface area contributed by atoms with Gasteiger partial charge >= 0.3 is 6.03 Å². The third kappa shape index (κ3) is 6.07. The Bertz CT molecular complexity index is 461. The number of thioether (sulfide) groups is 1. The van der Waals surface area contributed by atoms with E-state index in [-0.39, 0.29) is 6.03 Å². The van der Waals surface area contributed by atoms with Crippen molar-refractivity contribution in [3.05, 3.63) is 29.3 Å². The van der Waals surface area contributed by atoms with Crippen molar-refractivity contribution < 1.29 is 4.79 Å². The summed E-state index contributed by atoms with van der Waals surface area (Å²) in [5.74, 6) is 0.851. The van der Waals surface area contributed by atoms with Crippen molar-refractivity contribution in [3.63, 3.8) is 0 Å². The van der Waals surface area contributed by atoms with E-state index in [2.05, 4.69) is 22.5 Å². The topological polar surface area (TPSA) is 44.4 Å². The largest absolute Gasteiger partial charge is 0.337 e. The van der Waals surface area contributed by atoms with Crippen LogP contribution in [0, 0.1) is 0 Å². The standard InChI is InChI=1S/C16H24ClN3OS/c1-2-20-10-7-14(8-11-20)19-16(21)18-9-12-22-15-5-3-13(17)4-6-15/h3-6,14H,2,7-12H2,1H3,(H2,18,19,21). The van der Waals surface area contributed by atoms with E-state index in [0.717, 1.165) is 43.3 Å². The third-order valence-corrected chi connectivity index (χ3v) is 5.11. The molecule has 1 aliphatic heterocycles. The van der Waals surface area contributed by atoms with Gasteiger partial charge in [0.05, 0.1) is 0 Å². The molecule has 1 aromatic carbocycles. The van der Waals surface area contributed by atoms with Gasteiger partial charge < -0.3 is 15.5 Å². The molecule has 2 amide bonds. The highest BCUT2D eigenvalue weighted by Gasteiger charge is 2.19. The predicted octanol–water partition coefficient (Wildman–Crippen LogP) is 3.22. The van der Waals surface area contributed by atoms with Gasteiger partial charge in [0.2, 0.25) is 0 Å². The zero-order valence-corrected chi connectivity index (χ0v) is 14.6. The molecule has 22 heavy (non-hydrogen) atoms.